The summed E-state index contributed by atoms with van der Waals surface area (Å²) in [6.07, 6.45) is 14.4. The average Bonchev–Trinajstić information content (AvgIpc) is 3.09. The summed E-state index contributed by atoms with van der Waals surface area (Å²) in [7, 11) is 1.42. The number of amides is 1. The Kier molecular flexibility index (Phi) is 11.0. The zero-order chi connectivity index (χ0) is 17.6. The Morgan fingerprint density at radius 3 is 2.38 bits per heavy atom. The molecule has 0 saturated carbocycles. The summed E-state index contributed by atoms with van der Waals surface area (Å²) in [6.45, 7) is 5.16. The molecule has 24 heavy (non-hydrogen) atoms. The van der Waals surface area contributed by atoms with E-state index in [4.69, 9.17) is 4.74 Å². The Balaban J connectivity index is 2.70. The first-order valence-electron chi connectivity index (χ1n) is 9.53. The van der Waals surface area contributed by atoms with Crippen molar-refractivity contribution in [3.05, 3.63) is 18.5 Å². The van der Waals surface area contributed by atoms with Crippen LogP contribution < -0.4 is 5.32 Å². The van der Waals surface area contributed by atoms with Crippen molar-refractivity contribution in [2.45, 2.75) is 84.2 Å². The van der Waals surface area contributed by atoms with Gasteiger partial charge in [0, 0.05) is 12.4 Å². The van der Waals surface area contributed by atoms with Gasteiger partial charge in [0.1, 0.15) is 0 Å². The summed E-state index contributed by atoms with van der Waals surface area (Å²) in [4.78, 5) is 11.8. The molecule has 138 valence electrons. The molecule has 5 nitrogen and oxygen atoms in total. The van der Waals surface area contributed by atoms with Crippen LogP contribution in [0.15, 0.2) is 18.5 Å². The molecule has 5 heteroatoms. The molecule has 0 fully saturated rings. The molecule has 0 saturated heterocycles. The molecule has 1 aromatic heterocycles. The third-order valence-corrected chi connectivity index (χ3v) is 4.61. The highest BCUT2D eigenvalue weighted by molar-refractivity contribution is 5.67. The number of aromatic nitrogens is 2. The van der Waals surface area contributed by atoms with Gasteiger partial charge in [-0.1, -0.05) is 58.8 Å². The van der Waals surface area contributed by atoms with E-state index in [2.05, 4.69) is 24.3 Å². The summed E-state index contributed by atoms with van der Waals surface area (Å²) in [5.74, 6) is 0.469. The second kappa shape index (κ2) is 12.8. The SMILES string of the molecule is CCCCCCC(CCCCC)[C@H](Cn1cccn1)NC(=O)OC. The van der Waals surface area contributed by atoms with Crippen molar-refractivity contribution in [1.82, 2.24) is 15.1 Å². The molecular formula is C19H35N3O2. The maximum atomic E-state index is 11.8. The van der Waals surface area contributed by atoms with Crippen molar-refractivity contribution in [3.63, 3.8) is 0 Å². The maximum Gasteiger partial charge on any atom is 0.407 e. The third-order valence-electron chi connectivity index (χ3n) is 4.61. The normalized spacial score (nSPS) is 13.5. The summed E-state index contributed by atoms with van der Waals surface area (Å²) in [6, 6.07) is 1.98. The summed E-state index contributed by atoms with van der Waals surface area (Å²) >= 11 is 0. The molecule has 1 rings (SSSR count). The van der Waals surface area contributed by atoms with E-state index in [9.17, 15) is 4.79 Å². The Morgan fingerprint density at radius 1 is 1.12 bits per heavy atom. The van der Waals surface area contributed by atoms with Crippen molar-refractivity contribution in [2.75, 3.05) is 7.11 Å². The van der Waals surface area contributed by atoms with E-state index in [1.54, 1.807) is 6.20 Å². The topological polar surface area (TPSA) is 56.2 Å². The van der Waals surface area contributed by atoms with Crippen LogP contribution in [0.25, 0.3) is 0 Å². The molecule has 0 bridgehead atoms. The highest BCUT2D eigenvalue weighted by Gasteiger charge is 2.24. The molecule has 0 spiro atoms. The number of carbonyl (C=O) groups is 1. The van der Waals surface area contributed by atoms with Gasteiger partial charge in [0.15, 0.2) is 0 Å². The Labute approximate surface area is 147 Å². The van der Waals surface area contributed by atoms with E-state index in [0.717, 1.165) is 12.8 Å². The highest BCUT2D eigenvalue weighted by Crippen LogP contribution is 2.23. The number of carbonyl (C=O) groups excluding carboxylic acids is 1. The van der Waals surface area contributed by atoms with Crippen molar-refractivity contribution in [2.24, 2.45) is 5.92 Å². The lowest BCUT2D eigenvalue weighted by molar-refractivity contribution is 0.155. The fourth-order valence-corrected chi connectivity index (χ4v) is 3.17. The van der Waals surface area contributed by atoms with E-state index in [1.807, 2.05) is 16.9 Å². The zero-order valence-electron chi connectivity index (χ0n) is 15.7. The minimum absolute atomic E-state index is 0.0656. The molecule has 0 radical (unpaired) electrons. The fraction of sp³-hybridized carbons (Fsp3) is 0.789. The van der Waals surface area contributed by atoms with E-state index < -0.39 is 0 Å². The number of rotatable bonds is 13. The van der Waals surface area contributed by atoms with Crippen molar-refractivity contribution in [3.8, 4) is 0 Å². The maximum absolute atomic E-state index is 11.8. The van der Waals surface area contributed by atoms with Crippen molar-refractivity contribution < 1.29 is 9.53 Å². The van der Waals surface area contributed by atoms with Crippen LogP contribution in [-0.2, 0) is 11.3 Å². The first kappa shape index (κ1) is 20.5. The van der Waals surface area contributed by atoms with E-state index in [-0.39, 0.29) is 12.1 Å². The first-order chi connectivity index (χ1) is 11.7. The van der Waals surface area contributed by atoms with Gasteiger partial charge in [0.05, 0.1) is 19.7 Å². The third kappa shape index (κ3) is 8.37. The standard InChI is InChI=1S/C19H35N3O2/c1-4-6-8-10-13-17(12-9-7-5-2)18(21-19(23)24-3)16-22-15-11-14-20-22/h11,14-15,17-18H,4-10,12-13,16H2,1-3H3,(H,21,23)/t17?,18-/m0/s1. The van der Waals surface area contributed by atoms with Gasteiger partial charge in [-0.3, -0.25) is 4.68 Å². The number of ether oxygens (including phenoxy) is 1. The van der Waals surface area contributed by atoms with Gasteiger partial charge in [0.25, 0.3) is 0 Å². The molecule has 1 unspecified atom stereocenters. The molecule has 1 heterocycles. The number of hydrogen-bond donors (Lipinski definition) is 1. The minimum atomic E-state index is -0.346. The van der Waals surface area contributed by atoms with E-state index >= 15 is 0 Å². The second-order valence-corrected chi connectivity index (χ2v) is 6.58. The number of hydrogen-bond acceptors (Lipinski definition) is 3. The van der Waals surface area contributed by atoms with Crippen LogP contribution >= 0.6 is 0 Å². The van der Waals surface area contributed by atoms with Crippen LogP contribution in [0.2, 0.25) is 0 Å². The quantitative estimate of drug-likeness (QED) is 0.527. The van der Waals surface area contributed by atoms with Crippen LogP contribution in [0.1, 0.15) is 71.6 Å². The number of unbranched alkanes of at least 4 members (excludes halogenated alkanes) is 5. The van der Waals surface area contributed by atoms with Crippen molar-refractivity contribution in [1.29, 1.82) is 0 Å². The smallest absolute Gasteiger partial charge is 0.407 e. The lowest BCUT2D eigenvalue weighted by Crippen LogP contribution is -2.43. The molecule has 0 aliphatic heterocycles. The zero-order valence-corrected chi connectivity index (χ0v) is 15.7. The van der Waals surface area contributed by atoms with E-state index in [0.29, 0.717) is 12.5 Å². The molecule has 0 aliphatic rings. The van der Waals surface area contributed by atoms with E-state index in [1.165, 1.54) is 52.1 Å². The number of nitrogens with zero attached hydrogens (tertiary/aromatic N) is 2. The molecular weight excluding hydrogens is 302 g/mol. The molecule has 1 amide bonds. The van der Waals surface area contributed by atoms with Gasteiger partial charge in [-0.2, -0.15) is 5.10 Å². The monoisotopic (exact) mass is 337 g/mol. The summed E-state index contributed by atoms with van der Waals surface area (Å²) < 4.78 is 6.74. The van der Waals surface area contributed by atoms with Crippen LogP contribution in [-0.4, -0.2) is 29.0 Å². The molecule has 0 aromatic carbocycles. The molecule has 1 N–H and O–H groups in total. The Morgan fingerprint density at radius 2 is 1.79 bits per heavy atom. The summed E-state index contributed by atoms with van der Waals surface area (Å²) in [5, 5.41) is 7.35. The fourth-order valence-electron chi connectivity index (χ4n) is 3.17. The lowest BCUT2D eigenvalue weighted by Gasteiger charge is -2.28. The Bertz CT molecular complexity index is 420. The van der Waals surface area contributed by atoms with Gasteiger partial charge in [0.2, 0.25) is 0 Å². The van der Waals surface area contributed by atoms with Gasteiger partial charge in [-0.15, -0.1) is 0 Å². The molecule has 0 aliphatic carbocycles. The van der Waals surface area contributed by atoms with Crippen LogP contribution in [0.4, 0.5) is 4.79 Å². The largest absolute Gasteiger partial charge is 0.453 e. The number of alkyl carbamates (subject to hydrolysis) is 1. The predicted octanol–water partition coefficient (Wildman–Crippen LogP) is 4.77. The van der Waals surface area contributed by atoms with Gasteiger partial charge in [-0.25, -0.2) is 4.79 Å². The van der Waals surface area contributed by atoms with Gasteiger partial charge >= 0.3 is 6.09 Å². The predicted molar refractivity (Wildman–Crippen MR) is 97.9 cm³/mol. The lowest BCUT2D eigenvalue weighted by atomic mass is 9.88. The molecule has 2 atom stereocenters. The molecule has 1 aromatic rings. The van der Waals surface area contributed by atoms with Crippen molar-refractivity contribution >= 4 is 6.09 Å². The second-order valence-electron chi connectivity index (χ2n) is 6.58. The van der Waals surface area contributed by atoms with Crippen LogP contribution in [0.3, 0.4) is 0 Å². The Hall–Kier alpha value is -1.52. The average molecular weight is 338 g/mol. The number of nitrogens with one attached hydrogen (secondary N) is 1. The van der Waals surface area contributed by atoms with Crippen LogP contribution in [0.5, 0.6) is 0 Å². The highest BCUT2D eigenvalue weighted by atomic mass is 16.5. The first-order valence-corrected chi connectivity index (χ1v) is 9.53. The number of methoxy groups -OCH3 is 1. The minimum Gasteiger partial charge on any atom is -0.453 e. The van der Waals surface area contributed by atoms with Crippen LogP contribution in [0, 0.1) is 5.92 Å². The van der Waals surface area contributed by atoms with Gasteiger partial charge in [-0.05, 0) is 24.8 Å². The van der Waals surface area contributed by atoms with Gasteiger partial charge < -0.3 is 10.1 Å². The summed E-state index contributed by atoms with van der Waals surface area (Å²) in [5.41, 5.74) is 0.